The highest BCUT2D eigenvalue weighted by Gasteiger charge is 2.22. The van der Waals surface area contributed by atoms with Crippen molar-refractivity contribution >= 4 is 5.69 Å². The van der Waals surface area contributed by atoms with E-state index in [9.17, 15) is 0 Å². The number of fused-ring (bicyclic) bond motifs is 3. The van der Waals surface area contributed by atoms with Gasteiger partial charge in [-0.3, -0.25) is 0 Å². The fourth-order valence-corrected chi connectivity index (χ4v) is 3.14. The summed E-state index contributed by atoms with van der Waals surface area (Å²) in [6, 6.07) is 11.0. The summed E-state index contributed by atoms with van der Waals surface area (Å²) in [4.78, 5) is 0. The van der Waals surface area contributed by atoms with Gasteiger partial charge in [0.1, 0.15) is 0 Å². The Morgan fingerprint density at radius 1 is 1.06 bits per heavy atom. The van der Waals surface area contributed by atoms with Gasteiger partial charge in [-0.1, -0.05) is 44.2 Å². The van der Waals surface area contributed by atoms with Crippen LogP contribution in [0, 0.1) is 0 Å². The Balaban J connectivity index is 2.28. The number of benzene rings is 2. The van der Waals surface area contributed by atoms with E-state index in [1.165, 1.54) is 33.4 Å². The van der Waals surface area contributed by atoms with Crippen molar-refractivity contribution < 1.29 is 0 Å². The topological polar surface area (TPSA) is 26.0 Å². The summed E-state index contributed by atoms with van der Waals surface area (Å²) >= 11 is 0. The molecule has 0 bridgehead atoms. The number of hydrogen-bond donors (Lipinski definition) is 1. The van der Waals surface area contributed by atoms with Crippen LogP contribution in [0.5, 0.6) is 0 Å². The molecule has 0 saturated carbocycles. The van der Waals surface area contributed by atoms with Crippen LogP contribution >= 0.6 is 0 Å². The van der Waals surface area contributed by atoms with E-state index in [2.05, 4.69) is 44.2 Å². The van der Waals surface area contributed by atoms with Crippen LogP contribution < -0.4 is 5.73 Å². The predicted octanol–water partition coefficient (Wildman–Crippen LogP) is 3.96. The van der Waals surface area contributed by atoms with E-state index in [-0.39, 0.29) is 0 Å². The van der Waals surface area contributed by atoms with Crippen LogP contribution in [0.1, 0.15) is 36.1 Å². The predicted molar refractivity (Wildman–Crippen MR) is 77.9 cm³/mol. The summed E-state index contributed by atoms with van der Waals surface area (Å²) in [6.45, 7) is 4.40. The molecule has 0 fully saturated rings. The van der Waals surface area contributed by atoms with Crippen molar-refractivity contribution in [1.82, 2.24) is 0 Å². The largest absolute Gasteiger partial charge is 0.398 e. The lowest BCUT2D eigenvalue weighted by Crippen LogP contribution is -2.03. The molecule has 3 rings (SSSR count). The number of aryl methyl sites for hydroxylation is 1. The first kappa shape index (κ1) is 11.3. The molecule has 1 aliphatic carbocycles. The summed E-state index contributed by atoms with van der Waals surface area (Å²) in [5.41, 5.74) is 15.7. The van der Waals surface area contributed by atoms with E-state index in [1.807, 2.05) is 0 Å². The van der Waals surface area contributed by atoms with E-state index in [0.717, 1.165) is 24.9 Å². The average Bonchev–Trinajstić information content (AvgIpc) is 2.77. The SMILES string of the molecule is CCc1cc2c(c(N)c1CC)Cc1ccccc1-2. The van der Waals surface area contributed by atoms with Crippen LogP contribution in [0.4, 0.5) is 5.69 Å². The van der Waals surface area contributed by atoms with Crippen LogP contribution in [0.25, 0.3) is 11.1 Å². The van der Waals surface area contributed by atoms with Gasteiger partial charge in [0, 0.05) is 12.1 Å². The van der Waals surface area contributed by atoms with E-state index in [4.69, 9.17) is 5.73 Å². The van der Waals surface area contributed by atoms with E-state index in [0.29, 0.717) is 0 Å². The smallest absolute Gasteiger partial charge is 0.0391 e. The van der Waals surface area contributed by atoms with Gasteiger partial charge in [-0.2, -0.15) is 0 Å². The van der Waals surface area contributed by atoms with Crippen LogP contribution in [0.15, 0.2) is 30.3 Å². The first-order chi connectivity index (χ1) is 8.76. The Bertz CT molecular complexity index is 611. The maximum atomic E-state index is 6.40. The zero-order valence-electron chi connectivity index (χ0n) is 11.1. The molecule has 1 aliphatic rings. The monoisotopic (exact) mass is 237 g/mol. The van der Waals surface area contributed by atoms with Gasteiger partial charge in [0.05, 0.1) is 0 Å². The minimum Gasteiger partial charge on any atom is -0.398 e. The summed E-state index contributed by atoms with van der Waals surface area (Å²) in [5, 5.41) is 0. The van der Waals surface area contributed by atoms with Crippen molar-refractivity contribution in [2.24, 2.45) is 0 Å². The summed E-state index contributed by atoms with van der Waals surface area (Å²) in [5.74, 6) is 0. The molecule has 2 N–H and O–H groups in total. The second-order valence-corrected chi connectivity index (χ2v) is 5.00. The van der Waals surface area contributed by atoms with Gasteiger partial charge in [0.15, 0.2) is 0 Å². The number of rotatable bonds is 2. The normalized spacial score (nSPS) is 12.3. The minimum absolute atomic E-state index is 0.994. The molecular formula is C17H19N. The van der Waals surface area contributed by atoms with E-state index < -0.39 is 0 Å². The molecule has 0 heterocycles. The van der Waals surface area contributed by atoms with Gasteiger partial charge in [-0.05, 0) is 46.2 Å². The van der Waals surface area contributed by atoms with Crippen LogP contribution in [0.3, 0.4) is 0 Å². The van der Waals surface area contributed by atoms with Gasteiger partial charge < -0.3 is 5.73 Å². The van der Waals surface area contributed by atoms with Crippen molar-refractivity contribution in [3.05, 3.63) is 52.6 Å². The van der Waals surface area contributed by atoms with Crippen LogP contribution in [0.2, 0.25) is 0 Å². The first-order valence-corrected chi connectivity index (χ1v) is 6.77. The van der Waals surface area contributed by atoms with Gasteiger partial charge >= 0.3 is 0 Å². The Labute approximate surface area is 109 Å². The molecule has 0 amide bonds. The summed E-state index contributed by atoms with van der Waals surface area (Å²) < 4.78 is 0. The Kier molecular flexibility index (Phi) is 2.62. The molecule has 1 heteroatoms. The quantitative estimate of drug-likeness (QED) is 0.671. The third-order valence-electron chi connectivity index (χ3n) is 4.09. The molecule has 2 aromatic carbocycles. The zero-order chi connectivity index (χ0) is 12.7. The lowest BCUT2D eigenvalue weighted by molar-refractivity contribution is 1.03. The summed E-state index contributed by atoms with van der Waals surface area (Å²) in [6.07, 6.45) is 3.08. The van der Waals surface area contributed by atoms with Crippen molar-refractivity contribution in [2.75, 3.05) is 5.73 Å². The van der Waals surface area contributed by atoms with Crippen molar-refractivity contribution in [3.63, 3.8) is 0 Å². The van der Waals surface area contributed by atoms with Gasteiger partial charge in [0.25, 0.3) is 0 Å². The lowest BCUT2D eigenvalue weighted by atomic mass is 9.93. The molecule has 2 aromatic rings. The lowest BCUT2D eigenvalue weighted by Gasteiger charge is -2.14. The highest BCUT2D eigenvalue weighted by Crippen LogP contribution is 2.42. The fraction of sp³-hybridized carbons (Fsp3) is 0.294. The Hall–Kier alpha value is -1.76. The highest BCUT2D eigenvalue weighted by molar-refractivity contribution is 5.83. The Morgan fingerprint density at radius 3 is 2.56 bits per heavy atom. The molecule has 0 radical (unpaired) electrons. The number of nitrogens with two attached hydrogens (primary N) is 1. The third-order valence-corrected chi connectivity index (χ3v) is 4.09. The van der Waals surface area contributed by atoms with Gasteiger partial charge in [-0.15, -0.1) is 0 Å². The summed E-state index contributed by atoms with van der Waals surface area (Å²) in [7, 11) is 0. The Morgan fingerprint density at radius 2 is 1.83 bits per heavy atom. The van der Waals surface area contributed by atoms with Gasteiger partial charge in [0.2, 0.25) is 0 Å². The average molecular weight is 237 g/mol. The number of anilines is 1. The molecule has 0 aliphatic heterocycles. The first-order valence-electron chi connectivity index (χ1n) is 6.77. The number of hydrogen-bond acceptors (Lipinski definition) is 1. The zero-order valence-corrected chi connectivity index (χ0v) is 11.1. The second kappa shape index (κ2) is 4.16. The molecule has 0 spiro atoms. The third kappa shape index (κ3) is 1.47. The fourth-order valence-electron chi connectivity index (χ4n) is 3.14. The molecule has 0 unspecified atom stereocenters. The standard InChI is InChI=1S/C17H19N/c1-3-11-9-15-14-8-6-5-7-12(14)10-16(15)17(18)13(11)4-2/h5-9H,3-4,10,18H2,1-2H3. The molecule has 0 saturated heterocycles. The highest BCUT2D eigenvalue weighted by atomic mass is 14.6. The van der Waals surface area contributed by atoms with Crippen molar-refractivity contribution in [3.8, 4) is 11.1 Å². The number of nitrogen functional groups attached to an aromatic ring is 1. The van der Waals surface area contributed by atoms with Crippen LogP contribution in [-0.4, -0.2) is 0 Å². The molecule has 92 valence electrons. The van der Waals surface area contributed by atoms with Crippen molar-refractivity contribution in [1.29, 1.82) is 0 Å². The van der Waals surface area contributed by atoms with Crippen molar-refractivity contribution in [2.45, 2.75) is 33.1 Å². The molecule has 0 atom stereocenters. The molecular weight excluding hydrogens is 218 g/mol. The maximum Gasteiger partial charge on any atom is 0.0391 e. The molecule has 0 aromatic heterocycles. The minimum atomic E-state index is 0.994. The maximum absolute atomic E-state index is 6.40. The second-order valence-electron chi connectivity index (χ2n) is 5.00. The van der Waals surface area contributed by atoms with E-state index >= 15 is 0 Å². The van der Waals surface area contributed by atoms with E-state index in [1.54, 1.807) is 0 Å². The van der Waals surface area contributed by atoms with Crippen LogP contribution in [-0.2, 0) is 19.3 Å². The molecule has 1 nitrogen and oxygen atoms in total. The molecule has 18 heavy (non-hydrogen) atoms. The van der Waals surface area contributed by atoms with Gasteiger partial charge in [-0.25, -0.2) is 0 Å².